The van der Waals surface area contributed by atoms with Crippen LogP contribution in [0.25, 0.3) is 0 Å². The van der Waals surface area contributed by atoms with Crippen LogP contribution in [0.3, 0.4) is 0 Å². The van der Waals surface area contributed by atoms with E-state index < -0.39 is 5.51 Å². The van der Waals surface area contributed by atoms with Crippen molar-refractivity contribution in [1.82, 2.24) is 0 Å². The lowest BCUT2D eigenvalue weighted by Gasteiger charge is -2.05. The van der Waals surface area contributed by atoms with Crippen LogP contribution in [-0.4, -0.2) is 10.8 Å². The maximum absolute atomic E-state index is 11.9. The lowest BCUT2D eigenvalue weighted by molar-refractivity contribution is -0.0328. The molecule has 0 heterocycles. The Kier molecular flexibility index (Phi) is 4.31. The molecule has 0 nitrogen and oxygen atoms in total. The van der Waals surface area contributed by atoms with Gasteiger partial charge < -0.3 is 0 Å². The van der Waals surface area contributed by atoms with Crippen molar-refractivity contribution in [2.75, 3.05) is 5.33 Å². The Bertz CT molecular complexity index is 281. The molecule has 0 aliphatic heterocycles. The van der Waals surface area contributed by atoms with Crippen molar-refractivity contribution in [2.45, 2.75) is 16.8 Å². The van der Waals surface area contributed by atoms with E-state index in [9.17, 15) is 13.2 Å². The van der Waals surface area contributed by atoms with E-state index in [1.807, 2.05) is 0 Å². The Balaban J connectivity index is 2.64. The van der Waals surface area contributed by atoms with E-state index >= 15 is 0 Å². The smallest absolute Gasteiger partial charge is 0.160 e. The molecule has 0 aliphatic rings. The third-order valence-corrected chi connectivity index (χ3v) is 2.68. The van der Waals surface area contributed by atoms with E-state index in [0.29, 0.717) is 0 Å². The summed E-state index contributed by atoms with van der Waals surface area (Å²) in [6.45, 7) is 0. The number of benzene rings is 1. The summed E-state index contributed by atoms with van der Waals surface area (Å²) in [6, 6.07) is 6.43. The van der Waals surface area contributed by atoms with Crippen LogP contribution in [-0.2, 0) is 6.42 Å². The zero-order valence-electron chi connectivity index (χ0n) is 7.14. The van der Waals surface area contributed by atoms with E-state index in [0.717, 1.165) is 17.3 Å². The molecule has 5 heteroatoms. The number of aryl methyl sites for hydroxylation is 1. The van der Waals surface area contributed by atoms with Gasteiger partial charge in [0.2, 0.25) is 0 Å². The molecule has 1 rings (SSSR count). The standard InChI is InChI=1S/C9H8BrF3S/c10-6-5-7-1-3-8(4-2-7)14-9(11,12)13/h1-4H,5-6H2. The van der Waals surface area contributed by atoms with Crippen LogP contribution in [0.5, 0.6) is 0 Å². The fourth-order valence-electron chi connectivity index (χ4n) is 0.967. The number of hydrogen-bond donors (Lipinski definition) is 0. The summed E-state index contributed by atoms with van der Waals surface area (Å²) in [4.78, 5) is 0.232. The van der Waals surface area contributed by atoms with E-state index in [-0.39, 0.29) is 16.7 Å². The summed E-state index contributed by atoms with van der Waals surface area (Å²) >= 11 is 3.18. The van der Waals surface area contributed by atoms with Gasteiger partial charge in [0.25, 0.3) is 0 Å². The van der Waals surface area contributed by atoms with Crippen LogP contribution in [0, 0.1) is 0 Å². The average molecular weight is 285 g/mol. The zero-order chi connectivity index (χ0) is 10.6. The van der Waals surface area contributed by atoms with Crippen molar-refractivity contribution < 1.29 is 13.2 Å². The minimum absolute atomic E-state index is 0.0842. The van der Waals surface area contributed by atoms with Gasteiger partial charge in [0, 0.05) is 10.2 Å². The topological polar surface area (TPSA) is 0 Å². The normalized spacial score (nSPS) is 11.7. The lowest BCUT2D eigenvalue weighted by Crippen LogP contribution is -1.98. The average Bonchev–Trinajstić information content (AvgIpc) is 2.06. The molecule has 0 aromatic heterocycles. The van der Waals surface area contributed by atoms with E-state index in [4.69, 9.17) is 0 Å². The van der Waals surface area contributed by atoms with Gasteiger partial charge in [-0.1, -0.05) is 28.1 Å². The van der Waals surface area contributed by atoms with Gasteiger partial charge in [-0.3, -0.25) is 0 Å². The highest BCUT2D eigenvalue weighted by molar-refractivity contribution is 9.09. The minimum atomic E-state index is -4.20. The first-order valence-electron chi connectivity index (χ1n) is 3.92. The quantitative estimate of drug-likeness (QED) is 0.591. The molecule has 0 aliphatic carbocycles. The number of rotatable bonds is 3. The van der Waals surface area contributed by atoms with Gasteiger partial charge in [0.1, 0.15) is 0 Å². The molecular weight excluding hydrogens is 277 g/mol. The number of alkyl halides is 4. The molecule has 0 bridgehead atoms. The molecule has 0 saturated carbocycles. The highest BCUT2D eigenvalue weighted by Crippen LogP contribution is 2.36. The van der Waals surface area contributed by atoms with Crippen LogP contribution < -0.4 is 0 Å². The first-order chi connectivity index (χ1) is 6.51. The Morgan fingerprint density at radius 2 is 1.71 bits per heavy atom. The summed E-state index contributed by atoms with van der Waals surface area (Å²) in [5, 5.41) is 0.818. The molecule has 0 unspecified atom stereocenters. The molecule has 0 fully saturated rings. The van der Waals surface area contributed by atoms with Gasteiger partial charge in [0.05, 0.1) is 0 Å². The Labute approximate surface area is 93.0 Å². The highest BCUT2D eigenvalue weighted by atomic mass is 79.9. The monoisotopic (exact) mass is 284 g/mol. The van der Waals surface area contributed by atoms with Crippen LogP contribution in [0.2, 0.25) is 0 Å². The fraction of sp³-hybridized carbons (Fsp3) is 0.333. The highest BCUT2D eigenvalue weighted by Gasteiger charge is 2.28. The maximum atomic E-state index is 11.9. The second kappa shape index (κ2) is 5.07. The zero-order valence-corrected chi connectivity index (χ0v) is 9.55. The van der Waals surface area contributed by atoms with Crippen LogP contribution in [0.1, 0.15) is 5.56 Å². The third-order valence-electron chi connectivity index (χ3n) is 1.54. The molecule has 0 radical (unpaired) electrons. The second-order valence-electron chi connectivity index (χ2n) is 2.63. The van der Waals surface area contributed by atoms with Gasteiger partial charge in [-0.2, -0.15) is 13.2 Å². The molecule has 14 heavy (non-hydrogen) atoms. The van der Waals surface area contributed by atoms with Crippen molar-refractivity contribution in [3.63, 3.8) is 0 Å². The maximum Gasteiger partial charge on any atom is 0.446 e. The predicted molar refractivity (Wildman–Crippen MR) is 55.9 cm³/mol. The SMILES string of the molecule is FC(F)(F)Sc1ccc(CCBr)cc1. The third kappa shape index (κ3) is 4.37. The summed E-state index contributed by atoms with van der Waals surface area (Å²) in [6.07, 6.45) is 0.830. The van der Waals surface area contributed by atoms with Gasteiger partial charge >= 0.3 is 5.51 Å². The molecule has 1 aromatic rings. The van der Waals surface area contributed by atoms with Gasteiger partial charge in [0.15, 0.2) is 0 Å². The second-order valence-corrected chi connectivity index (χ2v) is 4.56. The van der Waals surface area contributed by atoms with Crippen molar-refractivity contribution in [3.8, 4) is 0 Å². The fourth-order valence-corrected chi connectivity index (χ4v) is 1.96. The number of thioether (sulfide) groups is 1. The number of halogens is 4. The van der Waals surface area contributed by atoms with Crippen LogP contribution >= 0.6 is 27.7 Å². The lowest BCUT2D eigenvalue weighted by atomic mass is 10.2. The molecule has 0 atom stereocenters. The summed E-state index contributed by atoms with van der Waals surface area (Å²) in [7, 11) is 0. The first kappa shape index (κ1) is 11.9. The molecule has 0 amide bonds. The molecular formula is C9H8BrF3S. The van der Waals surface area contributed by atoms with E-state index in [1.165, 1.54) is 12.1 Å². The molecule has 78 valence electrons. The van der Waals surface area contributed by atoms with E-state index in [2.05, 4.69) is 15.9 Å². The van der Waals surface area contributed by atoms with Crippen LogP contribution in [0.4, 0.5) is 13.2 Å². The largest absolute Gasteiger partial charge is 0.446 e. The first-order valence-corrected chi connectivity index (χ1v) is 5.86. The predicted octanol–water partition coefficient (Wildman–Crippen LogP) is 4.24. The summed E-state index contributed by atoms with van der Waals surface area (Å²) < 4.78 is 35.8. The van der Waals surface area contributed by atoms with Gasteiger partial charge in [-0.15, -0.1) is 0 Å². The van der Waals surface area contributed by atoms with Gasteiger partial charge in [-0.05, 0) is 35.9 Å². The van der Waals surface area contributed by atoms with Crippen LogP contribution in [0.15, 0.2) is 29.2 Å². The van der Waals surface area contributed by atoms with Crippen molar-refractivity contribution in [3.05, 3.63) is 29.8 Å². The van der Waals surface area contributed by atoms with Crippen molar-refractivity contribution in [2.24, 2.45) is 0 Å². The van der Waals surface area contributed by atoms with E-state index in [1.54, 1.807) is 12.1 Å². The molecule has 0 N–H and O–H groups in total. The van der Waals surface area contributed by atoms with Crippen molar-refractivity contribution in [1.29, 1.82) is 0 Å². The van der Waals surface area contributed by atoms with Crippen molar-refractivity contribution >= 4 is 27.7 Å². The Hall–Kier alpha value is -0.160. The minimum Gasteiger partial charge on any atom is -0.160 e. The molecule has 0 spiro atoms. The van der Waals surface area contributed by atoms with Gasteiger partial charge in [-0.25, -0.2) is 0 Å². The Morgan fingerprint density at radius 3 is 2.14 bits per heavy atom. The Morgan fingerprint density at radius 1 is 1.14 bits per heavy atom. The molecule has 0 saturated heterocycles. The molecule has 1 aromatic carbocycles. The summed E-state index contributed by atoms with van der Waals surface area (Å²) in [5.41, 5.74) is -3.16. The summed E-state index contributed by atoms with van der Waals surface area (Å²) in [5.74, 6) is 0. The number of hydrogen-bond acceptors (Lipinski definition) is 1.